The summed E-state index contributed by atoms with van der Waals surface area (Å²) in [5.41, 5.74) is 3.65. The lowest BCUT2D eigenvalue weighted by atomic mass is 10.1. The van der Waals surface area contributed by atoms with Gasteiger partial charge in [0.25, 0.3) is 11.8 Å². The van der Waals surface area contributed by atoms with Crippen molar-refractivity contribution in [1.29, 1.82) is 0 Å². The van der Waals surface area contributed by atoms with Crippen LogP contribution in [0.1, 0.15) is 28.5 Å². The van der Waals surface area contributed by atoms with Crippen molar-refractivity contribution < 1.29 is 19.0 Å². The predicted molar refractivity (Wildman–Crippen MR) is 111 cm³/mol. The summed E-state index contributed by atoms with van der Waals surface area (Å²) in [7, 11) is 3.10. The Balaban J connectivity index is 1.70. The summed E-state index contributed by atoms with van der Waals surface area (Å²) in [6.45, 7) is 4.70. The highest BCUT2D eigenvalue weighted by Gasteiger charge is 2.33. The van der Waals surface area contributed by atoms with Crippen molar-refractivity contribution >= 4 is 11.7 Å². The molecule has 0 spiro atoms. The second-order valence-electron chi connectivity index (χ2n) is 6.76. The summed E-state index contributed by atoms with van der Waals surface area (Å²) in [4.78, 5) is 28.1. The van der Waals surface area contributed by atoms with Crippen molar-refractivity contribution in [2.75, 3.05) is 25.7 Å². The molecule has 8 nitrogen and oxygen atoms in total. The first kappa shape index (κ1) is 19.6. The number of hydrogen-bond donors (Lipinski definition) is 0. The topological polar surface area (TPSA) is 86.7 Å². The molecule has 0 radical (unpaired) electrons. The molecule has 0 unspecified atom stereocenters. The summed E-state index contributed by atoms with van der Waals surface area (Å²) in [5, 5.41) is 0. The molecule has 30 heavy (non-hydrogen) atoms. The van der Waals surface area contributed by atoms with E-state index < -0.39 is 0 Å². The number of nitrogens with zero attached hydrogens (tertiary/aromatic N) is 4. The minimum Gasteiger partial charge on any atom is -0.494 e. The monoisotopic (exact) mass is 406 g/mol. The number of aromatic nitrogens is 3. The molecule has 0 aromatic carbocycles. The highest BCUT2D eigenvalue weighted by Crippen LogP contribution is 2.34. The smallest absolute Gasteiger partial charge is 0.262 e. The summed E-state index contributed by atoms with van der Waals surface area (Å²) in [6, 6.07) is 7.24. The Morgan fingerprint density at radius 1 is 1.13 bits per heavy atom. The Labute approximate surface area is 174 Å². The molecule has 1 aliphatic rings. The normalized spacial score (nSPS) is 12.7. The fraction of sp³-hybridized carbons (Fsp3) is 0.273. The molecule has 0 N–H and O–H groups in total. The Kier molecular flexibility index (Phi) is 5.22. The average Bonchev–Trinajstić information content (AvgIpc) is 3.10. The lowest BCUT2D eigenvalue weighted by Gasteiger charge is -2.15. The Morgan fingerprint density at radius 2 is 1.97 bits per heavy atom. The van der Waals surface area contributed by atoms with Gasteiger partial charge in [0.05, 0.1) is 44.3 Å². The maximum atomic E-state index is 13.1. The van der Waals surface area contributed by atoms with Gasteiger partial charge >= 0.3 is 0 Å². The van der Waals surface area contributed by atoms with Gasteiger partial charge in [-0.25, -0.2) is 9.97 Å². The van der Waals surface area contributed by atoms with Gasteiger partial charge in [-0.05, 0) is 37.6 Å². The van der Waals surface area contributed by atoms with E-state index in [1.807, 2.05) is 26.0 Å². The van der Waals surface area contributed by atoms with Crippen molar-refractivity contribution in [3.8, 4) is 28.6 Å². The van der Waals surface area contributed by atoms with Crippen molar-refractivity contribution in [3.63, 3.8) is 0 Å². The van der Waals surface area contributed by atoms with Gasteiger partial charge in [0.2, 0.25) is 0 Å². The number of carbonyl (C=O) groups is 1. The molecule has 3 aromatic heterocycles. The molecule has 0 atom stereocenters. The molecule has 154 valence electrons. The van der Waals surface area contributed by atoms with Gasteiger partial charge in [0.1, 0.15) is 11.6 Å². The third-order valence-electron chi connectivity index (χ3n) is 4.89. The van der Waals surface area contributed by atoms with E-state index in [4.69, 9.17) is 19.2 Å². The number of rotatable bonds is 6. The van der Waals surface area contributed by atoms with Gasteiger partial charge in [-0.2, -0.15) is 0 Å². The number of anilines is 1. The molecule has 0 saturated carbocycles. The molecule has 8 heteroatoms. The van der Waals surface area contributed by atoms with E-state index in [2.05, 4.69) is 9.97 Å². The summed E-state index contributed by atoms with van der Waals surface area (Å²) in [5.74, 6) is 2.02. The van der Waals surface area contributed by atoms with Gasteiger partial charge in [0.15, 0.2) is 5.75 Å². The van der Waals surface area contributed by atoms with Crippen LogP contribution in [0.2, 0.25) is 0 Å². The maximum Gasteiger partial charge on any atom is 0.262 e. The molecule has 4 rings (SSSR count). The van der Waals surface area contributed by atoms with Crippen LogP contribution in [0.5, 0.6) is 17.4 Å². The fourth-order valence-corrected chi connectivity index (χ4v) is 3.51. The van der Waals surface area contributed by atoms with Crippen molar-refractivity contribution in [3.05, 3.63) is 53.5 Å². The first-order valence-electron chi connectivity index (χ1n) is 9.55. The molecule has 0 aliphatic carbocycles. The summed E-state index contributed by atoms with van der Waals surface area (Å²) in [6.07, 6.45) is 3.31. The van der Waals surface area contributed by atoms with Crippen LogP contribution in [0.15, 0.2) is 36.7 Å². The zero-order valence-corrected chi connectivity index (χ0v) is 17.3. The van der Waals surface area contributed by atoms with Gasteiger partial charge in [-0.3, -0.25) is 14.7 Å². The highest BCUT2D eigenvalue weighted by molar-refractivity contribution is 6.10. The van der Waals surface area contributed by atoms with E-state index in [9.17, 15) is 4.79 Å². The van der Waals surface area contributed by atoms with E-state index in [-0.39, 0.29) is 5.91 Å². The largest absolute Gasteiger partial charge is 0.494 e. The second kappa shape index (κ2) is 7.98. The van der Waals surface area contributed by atoms with Gasteiger partial charge in [0, 0.05) is 24.0 Å². The third-order valence-corrected chi connectivity index (χ3v) is 4.89. The second-order valence-corrected chi connectivity index (χ2v) is 6.76. The first-order chi connectivity index (χ1) is 14.5. The number of aryl methyl sites for hydroxylation is 1. The third kappa shape index (κ3) is 3.41. The van der Waals surface area contributed by atoms with Gasteiger partial charge in [-0.1, -0.05) is 0 Å². The zero-order valence-electron chi connectivity index (χ0n) is 17.3. The summed E-state index contributed by atoms with van der Waals surface area (Å²) < 4.78 is 16.1. The van der Waals surface area contributed by atoms with Crippen LogP contribution < -0.4 is 19.1 Å². The Bertz CT molecular complexity index is 1120. The highest BCUT2D eigenvalue weighted by atomic mass is 16.5. The van der Waals surface area contributed by atoms with Crippen LogP contribution in [0.4, 0.5) is 5.82 Å². The molecule has 0 saturated heterocycles. The maximum absolute atomic E-state index is 13.1. The number of hydrogen-bond acceptors (Lipinski definition) is 7. The van der Waals surface area contributed by atoms with Crippen molar-refractivity contribution in [2.24, 2.45) is 0 Å². The van der Waals surface area contributed by atoms with E-state index in [0.717, 1.165) is 11.1 Å². The number of carbonyl (C=O) groups excluding carboxylic acids is 1. The van der Waals surface area contributed by atoms with Crippen LogP contribution in [0, 0.1) is 6.92 Å². The standard InChI is InChI=1S/C22H22N4O4/c1-5-30-15-6-7-23-19(10-15)26-12-17-20(22(26)27)13(2)8-16(25-17)14-9-18(28-3)21(29-4)24-11-14/h6-11H,5,12H2,1-4H3. The van der Waals surface area contributed by atoms with Crippen LogP contribution in [-0.4, -0.2) is 41.7 Å². The molecule has 1 amide bonds. The van der Waals surface area contributed by atoms with Crippen molar-refractivity contribution in [1.82, 2.24) is 15.0 Å². The number of ether oxygens (including phenoxy) is 3. The van der Waals surface area contributed by atoms with Crippen LogP contribution in [-0.2, 0) is 6.54 Å². The quantitative estimate of drug-likeness (QED) is 0.620. The number of amides is 1. The predicted octanol–water partition coefficient (Wildman–Crippen LogP) is 3.42. The molecular formula is C22H22N4O4. The van der Waals surface area contributed by atoms with Gasteiger partial charge < -0.3 is 14.2 Å². The van der Waals surface area contributed by atoms with Gasteiger partial charge in [-0.15, -0.1) is 0 Å². The lowest BCUT2D eigenvalue weighted by Crippen LogP contribution is -2.24. The molecule has 1 aliphatic heterocycles. The minimum atomic E-state index is -0.117. The SMILES string of the molecule is CCOc1ccnc(N2Cc3nc(-c4cnc(OC)c(OC)c4)cc(C)c3C2=O)c1. The van der Waals surface area contributed by atoms with E-state index in [1.54, 1.807) is 36.5 Å². The Hall–Kier alpha value is -3.68. The van der Waals surface area contributed by atoms with E-state index in [0.29, 0.717) is 53.3 Å². The van der Waals surface area contributed by atoms with Crippen LogP contribution in [0.25, 0.3) is 11.3 Å². The van der Waals surface area contributed by atoms with Crippen molar-refractivity contribution in [2.45, 2.75) is 20.4 Å². The van der Waals surface area contributed by atoms with E-state index in [1.165, 1.54) is 7.11 Å². The first-order valence-corrected chi connectivity index (χ1v) is 9.55. The molecule has 0 fully saturated rings. The average molecular weight is 406 g/mol. The Morgan fingerprint density at radius 3 is 2.70 bits per heavy atom. The fourth-order valence-electron chi connectivity index (χ4n) is 3.51. The lowest BCUT2D eigenvalue weighted by molar-refractivity contribution is 0.0995. The van der Waals surface area contributed by atoms with Crippen LogP contribution in [0.3, 0.4) is 0 Å². The van der Waals surface area contributed by atoms with Crippen LogP contribution >= 0.6 is 0 Å². The van der Waals surface area contributed by atoms with E-state index >= 15 is 0 Å². The minimum absolute atomic E-state index is 0.117. The molecule has 4 heterocycles. The number of fused-ring (bicyclic) bond motifs is 1. The molecule has 0 bridgehead atoms. The number of methoxy groups -OCH3 is 2. The number of pyridine rings is 3. The molecule has 3 aromatic rings. The molecular weight excluding hydrogens is 384 g/mol. The zero-order chi connectivity index (χ0) is 21.3. The summed E-state index contributed by atoms with van der Waals surface area (Å²) >= 11 is 0.